The number of pyridine rings is 2. The van der Waals surface area contributed by atoms with Crippen molar-refractivity contribution in [3.05, 3.63) is 36.2 Å². The molecule has 2 amide bonds. The fourth-order valence-corrected chi connectivity index (χ4v) is 6.80. The summed E-state index contributed by atoms with van der Waals surface area (Å²) >= 11 is 0. The Hall–Kier alpha value is -3.61. The van der Waals surface area contributed by atoms with E-state index in [0.29, 0.717) is 41.8 Å². The molecule has 0 saturated carbocycles. The fraction of sp³-hybridized carbons (Fsp3) is 0.636. The Bertz CT molecular complexity index is 1380. The van der Waals surface area contributed by atoms with Crippen LogP contribution in [0.3, 0.4) is 0 Å². The van der Waals surface area contributed by atoms with Crippen molar-refractivity contribution in [1.82, 2.24) is 25.1 Å². The van der Waals surface area contributed by atoms with E-state index in [9.17, 15) is 22.8 Å². The highest BCUT2D eigenvalue weighted by atomic mass is 19.4. The smallest absolute Gasteiger partial charge is 0.426 e. The number of piperazine rings is 1. The summed E-state index contributed by atoms with van der Waals surface area (Å²) in [7, 11) is 0. The number of carbonyl (C=O) groups excluding carboxylic acids is 2. The Morgan fingerprint density at radius 3 is 2.39 bits per heavy atom. The quantitative estimate of drug-likeness (QED) is 0.408. The monoisotopic (exact) mass is 646 g/mol. The van der Waals surface area contributed by atoms with Crippen LogP contribution in [0, 0.1) is 11.3 Å². The van der Waals surface area contributed by atoms with Gasteiger partial charge in [-0.3, -0.25) is 4.79 Å². The number of nitrogens with one attached hydrogen (secondary N) is 1. The standard InChI is InChI=1S/C33H45F3N6O4/c1-6-22-19-41(31(44)46-30(32(3,4)5)33(34,35)36)17-18-42(22)26-11-10-24(23-9-8-14-37-29(23)45-7-2)38-27(26)28(43)39-25-20-40-15-12-21(25)13-16-40/h8-11,14,21-22,25,30H,6-7,12-13,15-20H2,1-5H3,(H,39,43)/t22-,25-,30+/m1/s1. The van der Waals surface area contributed by atoms with E-state index >= 15 is 0 Å². The summed E-state index contributed by atoms with van der Waals surface area (Å²) in [6, 6.07) is 7.05. The van der Waals surface area contributed by atoms with Gasteiger partial charge < -0.3 is 29.5 Å². The van der Waals surface area contributed by atoms with E-state index in [-0.39, 0.29) is 43.3 Å². The van der Waals surface area contributed by atoms with E-state index in [4.69, 9.17) is 14.5 Å². The van der Waals surface area contributed by atoms with Gasteiger partial charge in [-0.05, 0) is 69.5 Å². The Labute approximate surface area is 268 Å². The van der Waals surface area contributed by atoms with Gasteiger partial charge in [0.2, 0.25) is 12.0 Å². The summed E-state index contributed by atoms with van der Waals surface area (Å²) < 4.78 is 52.1. The lowest BCUT2D eigenvalue weighted by Crippen LogP contribution is -2.58. The number of fused-ring (bicyclic) bond motifs is 3. The van der Waals surface area contributed by atoms with Gasteiger partial charge >= 0.3 is 12.3 Å². The van der Waals surface area contributed by atoms with Crippen molar-refractivity contribution in [3.63, 3.8) is 0 Å². The third kappa shape index (κ3) is 7.34. The highest BCUT2D eigenvalue weighted by molar-refractivity contribution is 5.99. The molecule has 252 valence electrons. The number of alkyl halides is 3. The van der Waals surface area contributed by atoms with Crippen LogP contribution in [0.4, 0.5) is 23.7 Å². The number of halogens is 3. The second kappa shape index (κ2) is 13.6. The number of anilines is 1. The Kier molecular flexibility index (Phi) is 10.00. The first-order valence-electron chi connectivity index (χ1n) is 16.2. The lowest BCUT2D eigenvalue weighted by Gasteiger charge is -2.45. The van der Waals surface area contributed by atoms with Crippen molar-refractivity contribution in [1.29, 1.82) is 0 Å². The minimum Gasteiger partial charge on any atom is -0.477 e. The minimum absolute atomic E-state index is 0.0173. The number of rotatable bonds is 8. The molecule has 2 aromatic heterocycles. The second-order valence-electron chi connectivity index (χ2n) is 13.4. The van der Waals surface area contributed by atoms with E-state index in [1.54, 1.807) is 12.3 Å². The van der Waals surface area contributed by atoms with Crippen molar-refractivity contribution < 1.29 is 32.2 Å². The first-order valence-corrected chi connectivity index (χ1v) is 16.2. The molecule has 4 saturated heterocycles. The molecule has 0 unspecified atom stereocenters. The molecule has 46 heavy (non-hydrogen) atoms. The zero-order chi connectivity index (χ0) is 33.2. The van der Waals surface area contributed by atoms with Crippen molar-refractivity contribution >= 4 is 17.7 Å². The molecule has 6 heterocycles. The summed E-state index contributed by atoms with van der Waals surface area (Å²) in [5.74, 6) is 0.544. The van der Waals surface area contributed by atoms with Crippen LogP contribution >= 0.6 is 0 Å². The molecule has 2 aromatic rings. The van der Waals surface area contributed by atoms with Gasteiger partial charge in [-0.2, -0.15) is 13.2 Å². The largest absolute Gasteiger partial charge is 0.477 e. The zero-order valence-corrected chi connectivity index (χ0v) is 27.3. The molecule has 0 aromatic carbocycles. The van der Waals surface area contributed by atoms with Crippen LogP contribution in [0.25, 0.3) is 11.3 Å². The van der Waals surface area contributed by atoms with Crippen molar-refractivity contribution in [2.75, 3.05) is 50.8 Å². The summed E-state index contributed by atoms with van der Waals surface area (Å²) in [5.41, 5.74) is 0.730. The number of carbonyl (C=O) groups is 2. The minimum atomic E-state index is -4.69. The van der Waals surface area contributed by atoms with Crippen LogP contribution in [-0.4, -0.2) is 102 Å². The third-order valence-electron chi connectivity index (χ3n) is 9.21. The predicted molar refractivity (Wildman–Crippen MR) is 168 cm³/mol. The summed E-state index contributed by atoms with van der Waals surface area (Å²) in [6.45, 7) is 11.9. The highest BCUT2D eigenvalue weighted by Gasteiger charge is 2.51. The number of hydrogen-bond acceptors (Lipinski definition) is 8. The molecule has 0 aliphatic carbocycles. The van der Waals surface area contributed by atoms with Gasteiger partial charge in [0.1, 0.15) is 0 Å². The number of aromatic nitrogens is 2. The molecular formula is C33H45F3N6O4. The van der Waals surface area contributed by atoms with E-state index < -0.39 is 23.8 Å². The number of hydrogen-bond donors (Lipinski definition) is 1. The zero-order valence-electron chi connectivity index (χ0n) is 27.3. The van der Waals surface area contributed by atoms with Gasteiger partial charge in [0.05, 0.1) is 23.6 Å². The molecule has 4 aliphatic rings. The maximum absolute atomic E-state index is 14.1. The third-order valence-corrected chi connectivity index (χ3v) is 9.21. The molecule has 4 fully saturated rings. The van der Waals surface area contributed by atoms with Gasteiger partial charge in [0.25, 0.3) is 5.91 Å². The van der Waals surface area contributed by atoms with Gasteiger partial charge in [-0.15, -0.1) is 0 Å². The average molecular weight is 647 g/mol. The molecule has 0 radical (unpaired) electrons. The predicted octanol–water partition coefficient (Wildman–Crippen LogP) is 5.38. The van der Waals surface area contributed by atoms with Crippen LogP contribution in [0.5, 0.6) is 5.88 Å². The number of ether oxygens (including phenoxy) is 2. The van der Waals surface area contributed by atoms with Gasteiger partial charge in [-0.25, -0.2) is 14.8 Å². The van der Waals surface area contributed by atoms with Gasteiger partial charge in [0, 0.05) is 49.9 Å². The molecule has 13 heteroatoms. The summed E-state index contributed by atoms with van der Waals surface area (Å²) in [5, 5.41) is 3.27. The molecule has 10 nitrogen and oxygen atoms in total. The van der Waals surface area contributed by atoms with Gasteiger partial charge in [-0.1, -0.05) is 27.7 Å². The number of amides is 2. The summed E-state index contributed by atoms with van der Waals surface area (Å²) in [6.07, 6.45) is -3.63. The van der Waals surface area contributed by atoms with Crippen LogP contribution in [-0.2, 0) is 4.74 Å². The SMILES string of the molecule is CCOc1ncccc1-c1ccc(N2CCN(C(=O)O[C@@H](C(C)(C)C)C(F)(F)F)C[C@H]2CC)c(C(=O)N[C@@H]2CN3CCC2CC3)n1. The van der Waals surface area contributed by atoms with Gasteiger partial charge in [0.15, 0.2) is 5.69 Å². The molecule has 6 rings (SSSR count). The molecule has 3 atom stereocenters. The fourth-order valence-electron chi connectivity index (χ4n) is 6.80. The van der Waals surface area contributed by atoms with Crippen molar-refractivity contribution in [2.45, 2.75) is 78.2 Å². The van der Waals surface area contributed by atoms with Crippen molar-refractivity contribution in [3.8, 4) is 17.1 Å². The Balaban J connectivity index is 1.43. The lowest BCUT2D eigenvalue weighted by atomic mass is 9.84. The number of nitrogens with zero attached hydrogens (tertiary/aromatic N) is 5. The first-order chi connectivity index (χ1) is 21.8. The van der Waals surface area contributed by atoms with Crippen LogP contribution in [0.2, 0.25) is 0 Å². The first kappa shape index (κ1) is 33.7. The van der Waals surface area contributed by atoms with Crippen LogP contribution in [0.1, 0.15) is 64.4 Å². The van der Waals surface area contributed by atoms with E-state index in [1.807, 2.05) is 36.9 Å². The number of piperidine rings is 3. The van der Waals surface area contributed by atoms with Crippen molar-refractivity contribution in [2.24, 2.45) is 11.3 Å². The normalized spacial score (nSPS) is 24.0. The topological polar surface area (TPSA) is 100 Å². The molecule has 1 N–H and O–H groups in total. The molecule has 0 spiro atoms. The maximum atomic E-state index is 14.1. The van der Waals surface area contributed by atoms with Crippen LogP contribution in [0.15, 0.2) is 30.5 Å². The van der Waals surface area contributed by atoms with E-state index in [2.05, 4.69) is 15.2 Å². The Morgan fingerprint density at radius 2 is 1.78 bits per heavy atom. The highest BCUT2D eigenvalue weighted by Crippen LogP contribution is 2.37. The lowest BCUT2D eigenvalue weighted by molar-refractivity contribution is -0.232. The van der Waals surface area contributed by atoms with Crippen LogP contribution < -0.4 is 15.0 Å². The van der Waals surface area contributed by atoms with E-state index in [0.717, 1.165) is 32.5 Å². The molecule has 2 bridgehead atoms. The molecular weight excluding hydrogens is 601 g/mol. The second-order valence-corrected chi connectivity index (χ2v) is 13.4. The summed E-state index contributed by atoms with van der Waals surface area (Å²) in [4.78, 5) is 42.1. The average Bonchev–Trinajstić information content (AvgIpc) is 3.03. The Morgan fingerprint density at radius 1 is 1.04 bits per heavy atom. The maximum Gasteiger partial charge on any atom is 0.426 e. The van der Waals surface area contributed by atoms with E-state index in [1.165, 1.54) is 25.7 Å². The molecule has 4 aliphatic heterocycles.